The molecule has 6 heteroatoms. The van der Waals surface area contributed by atoms with Crippen LogP contribution in [-0.4, -0.2) is 43.9 Å². The van der Waals surface area contributed by atoms with Crippen LogP contribution in [0, 0.1) is 0 Å². The molecule has 0 N–H and O–H groups in total. The first-order chi connectivity index (χ1) is 11.6. The number of ether oxygens (including phenoxy) is 3. The summed E-state index contributed by atoms with van der Waals surface area (Å²) >= 11 is 6.17. The van der Waals surface area contributed by atoms with Gasteiger partial charge in [0.2, 0.25) is 12.7 Å². The molecule has 1 aromatic rings. The highest BCUT2D eigenvalue weighted by molar-refractivity contribution is 6.32. The number of fused-ring (bicyclic) bond motifs is 1. The Bertz CT molecular complexity index is 599. The molecule has 0 aromatic heterocycles. The van der Waals surface area contributed by atoms with Crippen LogP contribution in [0.2, 0.25) is 5.02 Å². The minimum Gasteiger partial charge on any atom is -0.454 e. The van der Waals surface area contributed by atoms with Gasteiger partial charge in [-0.3, -0.25) is 4.79 Å². The second kappa shape index (κ2) is 8.94. The highest BCUT2D eigenvalue weighted by Gasteiger charge is 2.20. The van der Waals surface area contributed by atoms with Gasteiger partial charge in [0.1, 0.15) is 0 Å². The SMILES string of the molecule is CCC(CC)N(CCOC)C(=O)C=Cc1cc(Cl)c2c(c1)OCO2. The van der Waals surface area contributed by atoms with E-state index < -0.39 is 0 Å². The quantitative estimate of drug-likeness (QED) is 0.668. The summed E-state index contributed by atoms with van der Waals surface area (Å²) in [7, 11) is 1.64. The molecule has 0 saturated heterocycles. The van der Waals surface area contributed by atoms with Crippen LogP contribution in [-0.2, 0) is 9.53 Å². The molecule has 0 radical (unpaired) electrons. The third kappa shape index (κ3) is 4.42. The maximum absolute atomic E-state index is 12.6. The van der Waals surface area contributed by atoms with Crippen molar-refractivity contribution in [1.29, 1.82) is 0 Å². The summed E-state index contributed by atoms with van der Waals surface area (Å²) in [4.78, 5) is 14.5. The lowest BCUT2D eigenvalue weighted by Gasteiger charge is -2.29. The molecule has 1 aromatic carbocycles. The first kappa shape index (κ1) is 18.6. The van der Waals surface area contributed by atoms with Crippen LogP contribution in [0.15, 0.2) is 18.2 Å². The second-order valence-corrected chi connectivity index (χ2v) is 5.97. The van der Waals surface area contributed by atoms with Crippen LogP contribution in [0.3, 0.4) is 0 Å². The summed E-state index contributed by atoms with van der Waals surface area (Å²) in [5, 5.41) is 0.480. The number of rotatable bonds is 8. The Morgan fingerprint density at radius 3 is 2.79 bits per heavy atom. The number of hydrogen-bond acceptors (Lipinski definition) is 4. The van der Waals surface area contributed by atoms with Crippen LogP contribution < -0.4 is 9.47 Å². The maximum atomic E-state index is 12.6. The Morgan fingerprint density at radius 1 is 1.38 bits per heavy atom. The van der Waals surface area contributed by atoms with Crippen LogP contribution in [0.5, 0.6) is 11.5 Å². The average Bonchev–Trinajstić information content (AvgIpc) is 3.05. The number of carbonyl (C=O) groups excluding carboxylic acids is 1. The summed E-state index contributed by atoms with van der Waals surface area (Å²) in [6.45, 7) is 5.44. The standard InChI is InChI=1S/C18H24ClNO4/c1-4-14(5-2)20(8-9-22-3)17(21)7-6-13-10-15(19)18-16(11-13)23-12-24-18/h6-7,10-11,14H,4-5,8-9,12H2,1-3H3. The smallest absolute Gasteiger partial charge is 0.246 e. The molecule has 1 aliphatic heterocycles. The van der Waals surface area contributed by atoms with Gasteiger partial charge in [-0.1, -0.05) is 25.4 Å². The summed E-state index contributed by atoms with van der Waals surface area (Å²) in [5.74, 6) is 1.12. The molecule has 132 valence electrons. The zero-order valence-corrected chi connectivity index (χ0v) is 15.1. The first-order valence-electron chi connectivity index (χ1n) is 8.17. The summed E-state index contributed by atoms with van der Waals surface area (Å²) < 4.78 is 15.8. The largest absolute Gasteiger partial charge is 0.454 e. The topological polar surface area (TPSA) is 48.0 Å². The number of hydrogen-bond donors (Lipinski definition) is 0. The van der Waals surface area contributed by atoms with E-state index in [0.29, 0.717) is 29.7 Å². The van der Waals surface area contributed by atoms with Gasteiger partial charge < -0.3 is 19.1 Å². The van der Waals surface area contributed by atoms with Crippen molar-refractivity contribution in [3.63, 3.8) is 0 Å². The van der Waals surface area contributed by atoms with E-state index in [1.54, 1.807) is 25.3 Å². The van der Waals surface area contributed by atoms with Crippen molar-refractivity contribution in [2.45, 2.75) is 32.7 Å². The van der Waals surface area contributed by atoms with Gasteiger partial charge in [-0.15, -0.1) is 0 Å². The normalized spacial score (nSPS) is 13.0. The molecular weight excluding hydrogens is 330 g/mol. The Morgan fingerprint density at radius 2 is 2.12 bits per heavy atom. The van der Waals surface area contributed by atoms with Crippen molar-refractivity contribution in [2.24, 2.45) is 0 Å². The predicted molar refractivity (Wildman–Crippen MR) is 94.6 cm³/mol. The van der Waals surface area contributed by atoms with Gasteiger partial charge in [-0.05, 0) is 36.6 Å². The van der Waals surface area contributed by atoms with Crippen LogP contribution in [0.1, 0.15) is 32.3 Å². The van der Waals surface area contributed by atoms with Gasteiger partial charge in [0.15, 0.2) is 11.5 Å². The van der Waals surface area contributed by atoms with Crippen LogP contribution >= 0.6 is 11.6 Å². The number of nitrogens with zero attached hydrogens (tertiary/aromatic N) is 1. The highest BCUT2D eigenvalue weighted by atomic mass is 35.5. The number of benzene rings is 1. The summed E-state index contributed by atoms with van der Waals surface area (Å²) in [6, 6.07) is 3.78. The van der Waals surface area contributed by atoms with Crippen molar-refractivity contribution in [2.75, 3.05) is 27.1 Å². The van der Waals surface area contributed by atoms with Gasteiger partial charge in [-0.2, -0.15) is 0 Å². The molecule has 0 fully saturated rings. The monoisotopic (exact) mass is 353 g/mol. The van der Waals surface area contributed by atoms with Gasteiger partial charge in [-0.25, -0.2) is 0 Å². The fourth-order valence-electron chi connectivity index (χ4n) is 2.74. The fourth-order valence-corrected chi connectivity index (χ4v) is 3.01. The average molecular weight is 354 g/mol. The number of halogens is 1. The Hall–Kier alpha value is -1.72. The molecule has 1 aliphatic rings. The fraction of sp³-hybridized carbons (Fsp3) is 0.500. The molecule has 5 nitrogen and oxygen atoms in total. The summed E-state index contributed by atoms with van der Waals surface area (Å²) in [5.41, 5.74) is 0.800. The lowest BCUT2D eigenvalue weighted by Crippen LogP contribution is -2.40. The number of carbonyl (C=O) groups is 1. The molecule has 2 rings (SSSR count). The maximum Gasteiger partial charge on any atom is 0.246 e. The van der Waals surface area contributed by atoms with Crippen molar-refractivity contribution in [1.82, 2.24) is 4.90 Å². The van der Waals surface area contributed by atoms with Crippen molar-refractivity contribution in [3.8, 4) is 11.5 Å². The molecule has 0 unspecified atom stereocenters. The molecule has 0 atom stereocenters. The van der Waals surface area contributed by atoms with E-state index in [4.69, 9.17) is 25.8 Å². The molecule has 1 amide bonds. The Balaban J connectivity index is 2.13. The summed E-state index contributed by atoms with van der Waals surface area (Å²) in [6.07, 6.45) is 5.14. The van der Waals surface area contributed by atoms with E-state index in [9.17, 15) is 4.79 Å². The Labute approximate surface area is 148 Å². The van der Waals surface area contributed by atoms with Crippen molar-refractivity contribution < 1.29 is 19.0 Å². The number of amides is 1. The van der Waals surface area contributed by atoms with Gasteiger partial charge in [0.25, 0.3) is 0 Å². The van der Waals surface area contributed by atoms with Gasteiger partial charge in [0.05, 0.1) is 11.6 Å². The van der Waals surface area contributed by atoms with E-state index in [-0.39, 0.29) is 18.7 Å². The zero-order valence-electron chi connectivity index (χ0n) is 14.4. The highest BCUT2D eigenvalue weighted by Crippen LogP contribution is 2.40. The second-order valence-electron chi connectivity index (χ2n) is 5.56. The lowest BCUT2D eigenvalue weighted by atomic mass is 10.1. The van der Waals surface area contributed by atoms with E-state index in [1.165, 1.54) is 0 Å². The predicted octanol–water partition coefficient (Wildman–Crippen LogP) is 3.75. The third-order valence-corrected chi connectivity index (χ3v) is 4.35. The van der Waals surface area contributed by atoms with Gasteiger partial charge >= 0.3 is 0 Å². The van der Waals surface area contributed by atoms with E-state index in [1.807, 2.05) is 11.0 Å². The van der Waals surface area contributed by atoms with Gasteiger partial charge in [0, 0.05) is 25.8 Å². The van der Waals surface area contributed by atoms with Crippen molar-refractivity contribution >= 4 is 23.6 Å². The number of methoxy groups -OCH3 is 1. The minimum atomic E-state index is -0.0328. The molecule has 0 aliphatic carbocycles. The van der Waals surface area contributed by atoms with E-state index >= 15 is 0 Å². The zero-order chi connectivity index (χ0) is 17.5. The Kier molecular flexibility index (Phi) is 6.94. The van der Waals surface area contributed by atoms with Crippen LogP contribution in [0.25, 0.3) is 6.08 Å². The first-order valence-corrected chi connectivity index (χ1v) is 8.55. The molecular formula is C18H24ClNO4. The van der Waals surface area contributed by atoms with Crippen molar-refractivity contribution in [3.05, 3.63) is 28.8 Å². The molecule has 24 heavy (non-hydrogen) atoms. The van der Waals surface area contributed by atoms with E-state index in [2.05, 4.69) is 13.8 Å². The minimum absolute atomic E-state index is 0.0328. The van der Waals surface area contributed by atoms with Crippen LogP contribution in [0.4, 0.5) is 0 Å². The molecule has 1 heterocycles. The third-order valence-electron chi connectivity index (χ3n) is 4.07. The molecule has 0 bridgehead atoms. The molecule has 0 spiro atoms. The molecule has 0 saturated carbocycles. The van der Waals surface area contributed by atoms with E-state index in [0.717, 1.165) is 18.4 Å². The lowest BCUT2D eigenvalue weighted by molar-refractivity contribution is -0.129.